The Morgan fingerprint density at radius 3 is 2.59 bits per heavy atom. The highest BCUT2D eigenvalue weighted by atomic mass is 16.5. The number of carbonyl (C=O) groups is 1. The molecule has 0 spiro atoms. The predicted molar refractivity (Wildman–Crippen MR) is 109 cm³/mol. The Bertz CT molecular complexity index is 502. The Kier molecular flexibility index (Phi) is 7.80. The van der Waals surface area contributed by atoms with Gasteiger partial charge in [-0.15, -0.1) is 0 Å². The van der Waals surface area contributed by atoms with Crippen LogP contribution in [0.2, 0.25) is 0 Å². The van der Waals surface area contributed by atoms with Crippen molar-refractivity contribution in [3.63, 3.8) is 0 Å². The molecule has 0 heterocycles. The number of hydrogen-bond acceptors (Lipinski definition) is 3. The van der Waals surface area contributed by atoms with E-state index in [0.29, 0.717) is 12.1 Å². The van der Waals surface area contributed by atoms with Crippen molar-refractivity contribution < 1.29 is 9.53 Å². The lowest BCUT2D eigenvalue weighted by atomic mass is 9.95. The van der Waals surface area contributed by atoms with Crippen LogP contribution in [0.3, 0.4) is 0 Å². The van der Waals surface area contributed by atoms with Crippen LogP contribution >= 0.6 is 0 Å². The van der Waals surface area contributed by atoms with Gasteiger partial charge in [-0.1, -0.05) is 25.7 Å². The number of likely N-dealkylation sites (N-methyl/N-ethyl adjacent to an activating group) is 1. The minimum absolute atomic E-state index is 0.0321. The summed E-state index contributed by atoms with van der Waals surface area (Å²) in [6, 6.07) is 0.517. The first kappa shape index (κ1) is 20.4. The molecule has 3 saturated carbocycles. The van der Waals surface area contributed by atoms with Crippen molar-refractivity contribution in [2.24, 2.45) is 16.8 Å². The van der Waals surface area contributed by atoms with E-state index < -0.39 is 0 Å². The van der Waals surface area contributed by atoms with Gasteiger partial charge in [0.25, 0.3) is 0 Å². The van der Waals surface area contributed by atoms with Gasteiger partial charge in [0.2, 0.25) is 5.91 Å². The first-order valence-electron chi connectivity index (χ1n) is 11.0. The van der Waals surface area contributed by atoms with Crippen molar-refractivity contribution in [3.8, 4) is 0 Å². The van der Waals surface area contributed by atoms with E-state index in [1.807, 2.05) is 0 Å². The van der Waals surface area contributed by atoms with Gasteiger partial charge in [-0.05, 0) is 50.4 Å². The zero-order valence-corrected chi connectivity index (χ0v) is 17.2. The number of amides is 1. The number of ether oxygens (including phenoxy) is 1. The van der Waals surface area contributed by atoms with Gasteiger partial charge in [-0.25, -0.2) is 4.99 Å². The van der Waals surface area contributed by atoms with E-state index in [1.54, 1.807) is 19.0 Å². The van der Waals surface area contributed by atoms with Gasteiger partial charge >= 0.3 is 0 Å². The van der Waals surface area contributed by atoms with Crippen molar-refractivity contribution >= 4 is 11.9 Å². The van der Waals surface area contributed by atoms with Gasteiger partial charge in [-0.2, -0.15) is 0 Å². The molecule has 3 aliphatic rings. The number of carbonyl (C=O) groups excluding carboxylic acids is 1. The molecule has 3 unspecified atom stereocenters. The standard InChI is InChI=1S/C21H38N4O2/c1-25(2)20(26)15-23-21(24-19-14-16-9-10-17(19)13-16)22-11-6-12-27-18-7-4-3-5-8-18/h16-19H,3-15H2,1-2H3,(H2,22,23,24). The summed E-state index contributed by atoms with van der Waals surface area (Å²) in [5.41, 5.74) is 0. The summed E-state index contributed by atoms with van der Waals surface area (Å²) in [7, 11) is 3.55. The average Bonchev–Trinajstić information content (AvgIpc) is 3.29. The third kappa shape index (κ3) is 6.37. The lowest BCUT2D eigenvalue weighted by Gasteiger charge is -2.25. The number of fused-ring (bicyclic) bond motifs is 2. The van der Waals surface area contributed by atoms with Crippen LogP contribution in [0.4, 0.5) is 0 Å². The molecular formula is C21H38N4O2. The summed E-state index contributed by atoms with van der Waals surface area (Å²) in [6.45, 7) is 1.83. The number of guanidine groups is 1. The molecule has 3 rings (SSSR count). The van der Waals surface area contributed by atoms with Crippen molar-refractivity contribution in [2.75, 3.05) is 33.8 Å². The van der Waals surface area contributed by atoms with Crippen LogP contribution in [0.15, 0.2) is 4.99 Å². The fourth-order valence-electron chi connectivity index (χ4n) is 4.80. The quantitative estimate of drug-likeness (QED) is 0.387. The van der Waals surface area contributed by atoms with E-state index >= 15 is 0 Å². The molecule has 1 amide bonds. The minimum Gasteiger partial charge on any atom is -0.378 e. The monoisotopic (exact) mass is 378 g/mol. The lowest BCUT2D eigenvalue weighted by molar-refractivity contribution is -0.127. The normalized spacial score (nSPS) is 28.4. The highest BCUT2D eigenvalue weighted by Crippen LogP contribution is 2.44. The Morgan fingerprint density at radius 2 is 1.93 bits per heavy atom. The first-order valence-corrected chi connectivity index (χ1v) is 11.0. The molecule has 3 atom stereocenters. The van der Waals surface area contributed by atoms with Crippen LogP contribution in [0.5, 0.6) is 0 Å². The van der Waals surface area contributed by atoms with E-state index in [-0.39, 0.29) is 12.5 Å². The molecule has 6 nitrogen and oxygen atoms in total. The highest BCUT2D eigenvalue weighted by molar-refractivity contribution is 5.85. The molecule has 3 aliphatic carbocycles. The lowest BCUT2D eigenvalue weighted by Crippen LogP contribution is -2.46. The molecule has 3 fully saturated rings. The van der Waals surface area contributed by atoms with E-state index in [0.717, 1.165) is 37.4 Å². The average molecular weight is 379 g/mol. The van der Waals surface area contributed by atoms with E-state index in [2.05, 4.69) is 15.6 Å². The number of nitrogens with zero attached hydrogens (tertiary/aromatic N) is 2. The minimum atomic E-state index is 0.0321. The second kappa shape index (κ2) is 10.3. The second-order valence-electron chi connectivity index (χ2n) is 8.79. The van der Waals surface area contributed by atoms with Gasteiger partial charge in [0, 0.05) is 33.3 Å². The first-order chi connectivity index (χ1) is 13.1. The summed E-state index contributed by atoms with van der Waals surface area (Å²) in [6.07, 6.45) is 13.2. The molecule has 2 bridgehead atoms. The van der Waals surface area contributed by atoms with Gasteiger partial charge in [0.05, 0.1) is 6.10 Å². The Balaban J connectivity index is 1.41. The fourth-order valence-corrected chi connectivity index (χ4v) is 4.80. The molecule has 6 heteroatoms. The van der Waals surface area contributed by atoms with Crippen LogP contribution < -0.4 is 10.6 Å². The SMILES string of the molecule is CN(C)C(=O)CN=C(NCCCOC1CCCCC1)NC1CC2CCC1C2. The zero-order valence-electron chi connectivity index (χ0n) is 17.2. The number of nitrogens with one attached hydrogen (secondary N) is 2. The highest BCUT2D eigenvalue weighted by Gasteiger charge is 2.39. The molecular weight excluding hydrogens is 340 g/mol. The van der Waals surface area contributed by atoms with E-state index in [9.17, 15) is 4.79 Å². The van der Waals surface area contributed by atoms with Gasteiger partial charge < -0.3 is 20.3 Å². The maximum atomic E-state index is 11.9. The van der Waals surface area contributed by atoms with Crippen LogP contribution in [-0.4, -0.2) is 62.7 Å². The third-order valence-electron chi connectivity index (χ3n) is 6.45. The number of rotatable bonds is 8. The molecule has 0 aliphatic heterocycles. The summed E-state index contributed by atoms with van der Waals surface area (Å²) in [5.74, 6) is 2.49. The van der Waals surface area contributed by atoms with Crippen molar-refractivity contribution in [1.82, 2.24) is 15.5 Å². The Morgan fingerprint density at radius 1 is 1.11 bits per heavy atom. The molecule has 0 aromatic carbocycles. The summed E-state index contributed by atoms with van der Waals surface area (Å²) >= 11 is 0. The van der Waals surface area contributed by atoms with Gasteiger partial charge in [0.15, 0.2) is 5.96 Å². The molecule has 0 saturated heterocycles. The Labute approximate surface area is 164 Å². The molecule has 2 N–H and O–H groups in total. The molecule has 27 heavy (non-hydrogen) atoms. The fraction of sp³-hybridized carbons (Fsp3) is 0.905. The predicted octanol–water partition coefficient (Wildman–Crippen LogP) is 2.54. The van der Waals surface area contributed by atoms with Gasteiger partial charge in [-0.3, -0.25) is 4.79 Å². The van der Waals surface area contributed by atoms with Crippen molar-refractivity contribution in [3.05, 3.63) is 0 Å². The van der Waals surface area contributed by atoms with Crippen LogP contribution in [0, 0.1) is 11.8 Å². The Hall–Kier alpha value is -1.30. The van der Waals surface area contributed by atoms with Crippen molar-refractivity contribution in [1.29, 1.82) is 0 Å². The van der Waals surface area contributed by atoms with Gasteiger partial charge in [0.1, 0.15) is 6.54 Å². The third-order valence-corrected chi connectivity index (χ3v) is 6.45. The van der Waals surface area contributed by atoms with E-state index in [1.165, 1.54) is 57.8 Å². The number of aliphatic imine (C=N–C) groups is 1. The summed E-state index contributed by atoms with van der Waals surface area (Å²) < 4.78 is 6.01. The molecule has 154 valence electrons. The number of hydrogen-bond donors (Lipinski definition) is 2. The molecule has 0 aromatic rings. The maximum Gasteiger partial charge on any atom is 0.243 e. The molecule has 0 aromatic heterocycles. The largest absolute Gasteiger partial charge is 0.378 e. The molecule has 0 radical (unpaired) electrons. The zero-order chi connectivity index (χ0) is 19.1. The van der Waals surface area contributed by atoms with Crippen LogP contribution in [-0.2, 0) is 9.53 Å². The summed E-state index contributed by atoms with van der Waals surface area (Å²) in [5, 5.41) is 7.04. The topological polar surface area (TPSA) is 66.0 Å². The van der Waals surface area contributed by atoms with E-state index in [4.69, 9.17) is 4.74 Å². The van der Waals surface area contributed by atoms with Crippen molar-refractivity contribution in [2.45, 2.75) is 76.4 Å². The van der Waals surface area contributed by atoms with Crippen LogP contribution in [0.25, 0.3) is 0 Å². The second-order valence-corrected chi connectivity index (χ2v) is 8.79. The summed E-state index contributed by atoms with van der Waals surface area (Å²) in [4.78, 5) is 18.0. The smallest absolute Gasteiger partial charge is 0.243 e. The maximum absolute atomic E-state index is 11.9. The van der Waals surface area contributed by atoms with Crippen LogP contribution in [0.1, 0.15) is 64.2 Å².